The number of carbonyl (C=O) groups excluding carboxylic acids is 3. The van der Waals surface area contributed by atoms with E-state index in [-0.39, 0.29) is 47.2 Å². The monoisotopic (exact) mass is 1000 g/mol. The van der Waals surface area contributed by atoms with E-state index in [4.69, 9.17) is 11.6 Å². The Balaban J connectivity index is 0.000000174. The molecule has 0 aliphatic heterocycles. The molecule has 2 aliphatic carbocycles. The molecule has 71 heavy (non-hydrogen) atoms. The van der Waals surface area contributed by atoms with E-state index in [1.54, 1.807) is 19.1 Å². The average Bonchev–Trinajstić information content (AvgIpc) is 3.89. The lowest BCUT2D eigenvalue weighted by Gasteiger charge is -2.37. The maximum absolute atomic E-state index is 13.0. The summed E-state index contributed by atoms with van der Waals surface area (Å²) in [7, 11) is 0. The Morgan fingerprint density at radius 2 is 1.23 bits per heavy atom. The second-order valence-electron chi connectivity index (χ2n) is 22.5. The summed E-state index contributed by atoms with van der Waals surface area (Å²) in [6.07, 6.45) is 7.39. The van der Waals surface area contributed by atoms with Crippen molar-refractivity contribution in [2.45, 2.75) is 177 Å². The number of hydrogen-bond donors (Lipinski definition) is 4. The molecule has 4 N–H and O–H groups in total. The van der Waals surface area contributed by atoms with Gasteiger partial charge in [-0.15, -0.1) is 0 Å². The van der Waals surface area contributed by atoms with Crippen LogP contribution < -0.4 is 16.0 Å². The number of nitrogens with one attached hydrogen (secondary N) is 3. The number of nitrogens with zero attached hydrogens (tertiary/aromatic N) is 9. The number of hydrogen-bond acceptors (Lipinski definition) is 10. The van der Waals surface area contributed by atoms with Crippen molar-refractivity contribution in [3.05, 3.63) is 52.4 Å². The molecule has 2 fully saturated rings. The number of amides is 3. The number of aliphatic hydroxyl groups is 1. The number of anilines is 3. The normalized spacial score (nSPS) is 15.7. The van der Waals surface area contributed by atoms with Crippen LogP contribution in [0.5, 0.6) is 0 Å². The quantitative estimate of drug-likeness (QED) is 0.0807. The van der Waals surface area contributed by atoms with E-state index in [2.05, 4.69) is 73.5 Å². The second kappa shape index (κ2) is 21.2. The van der Waals surface area contributed by atoms with Gasteiger partial charge in [-0.25, -0.2) is 29.9 Å². The molecule has 3 amide bonds. The highest BCUT2D eigenvalue weighted by atomic mass is 35.5. The number of aryl methyl sites for hydroxylation is 3. The summed E-state index contributed by atoms with van der Waals surface area (Å²) in [4.78, 5) is 64.2. The van der Waals surface area contributed by atoms with Crippen LogP contribution in [0.3, 0.4) is 0 Å². The summed E-state index contributed by atoms with van der Waals surface area (Å²) in [6.45, 7) is 23.7. The first-order valence-electron chi connectivity index (χ1n) is 24.6. The van der Waals surface area contributed by atoms with Gasteiger partial charge in [0.25, 0.3) is 0 Å². The lowest BCUT2D eigenvalue weighted by molar-refractivity contribution is -0.121. The number of imidazole rings is 3. The zero-order valence-corrected chi connectivity index (χ0v) is 44.5. The largest absolute Gasteiger partial charge is 0.390 e. The van der Waals surface area contributed by atoms with Gasteiger partial charge in [0.2, 0.25) is 35.6 Å². The van der Waals surface area contributed by atoms with Gasteiger partial charge in [-0.3, -0.25) is 52.8 Å². The fourth-order valence-electron chi connectivity index (χ4n) is 8.55. The second-order valence-corrected chi connectivity index (χ2v) is 22.9. The van der Waals surface area contributed by atoms with Crippen LogP contribution in [0, 0.1) is 31.6 Å². The third kappa shape index (κ3) is 13.1. The predicted molar refractivity (Wildman–Crippen MR) is 277 cm³/mol. The highest BCUT2D eigenvalue weighted by Crippen LogP contribution is 2.43. The number of carbonyl (C=O) groups is 3. The molecule has 6 aromatic heterocycles. The van der Waals surface area contributed by atoms with Crippen molar-refractivity contribution in [1.29, 1.82) is 0 Å². The van der Waals surface area contributed by atoms with E-state index < -0.39 is 30.3 Å². The van der Waals surface area contributed by atoms with E-state index >= 15 is 0 Å². The molecule has 0 radical (unpaired) electrons. The Morgan fingerprint density at radius 3 is 1.76 bits per heavy atom. The first kappa shape index (κ1) is 54.7. The summed E-state index contributed by atoms with van der Waals surface area (Å²) in [5, 5.41) is 19.0. The number of pyridine rings is 3. The fraction of sp³-hybridized carbons (Fsp3) is 0.596. The number of aromatic nitrogens is 9. The lowest BCUT2D eigenvalue weighted by atomic mass is 9.68. The van der Waals surface area contributed by atoms with Crippen molar-refractivity contribution in [2.24, 2.45) is 10.8 Å². The molecule has 386 valence electrons. The molecule has 1 atom stereocenters. The highest BCUT2D eigenvalue weighted by molar-refractivity contribution is 6.29. The zero-order valence-electron chi connectivity index (χ0n) is 43.8. The summed E-state index contributed by atoms with van der Waals surface area (Å²) in [5.41, 5.74) is 4.67. The minimum absolute atomic E-state index is 0.0301. The Labute approximate surface area is 420 Å². The maximum atomic E-state index is 13.0. The molecule has 0 aromatic carbocycles. The minimum Gasteiger partial charge on any atom is -0.390 e. The van der Waals surface area contributed by atoms with Crippen LogP contribution in [0.25, 0.3) is 33.5 Å². The van der Waals surface area contributed by atoms with Crippen LogP contribution in [-0.4, -0.2) is 85.4 Å². The van der Waals surface area contributed by atoms with Crippen molar-refractivity contribution in [2.75, 3.05) is 29.3 Å². The molecule has 1 unspecified atom stereocenters. The van der Waals surface area contributed by atoms with Gasteiger partial charge >= 0.3 is 0 Å². The van der Waals surface area contributed by atoms with Crippen LogP contribution in [0.2, 0.25) is 5.15 Å². The zero-order chi connectivity index (χ0) is 52.4. The number of alkyl halides is 2. The molecule has 16 nitrogen and oxygen atoms in total. The Hall–Kier alpha value is -5.62. The third-order valence-electron chi connectivity index (χ3n) is 13.4. The first-order valence-corrected chi connectivity index (χ1v) is 25.0. The first-order chi connectivity index (χ1) is 33.1. The lowest BCUT2D eigenvalue weighted by Crippen LogP contribution is -2.32. The molecule has 19 heteroatoms. The third-order valence-corrected chi connectivity index (χ3v) is 13.7. The van der Waals surface area contributed by atoms with Gasteiger partial charge in [-0.1, -0.05) is 38.8 Å². The fourth-order valence-corrected chi connectivity index (χ4v) is 8.69. The highest BCUT2D eigenvalue weighted by Gasteiger charge is 2.35. The molecular weight excluding hydrogens is 930 g/mol. The number of rotatable bonds is 13. The maximum Gasteiger partial charge on any atom is 0.229 e. The van der Waals surface area contributed by atoms with E-state index in [0.717, 1.165) is 71.4 Å². The predicted octanol–water partition coefficient (Wildman–Crippen LogP) is 11.4. The van der Waals surface area contributed by atoms with E-state index in [1.807, 2.05) is 80.4 Å². The molecule has 2 aliphatic rings. The molecule has 2 saturated carbocycles. The molecule has 6 aromatic rings. The molecule has 0 saturated heterocycles. The number of fused-ring (bicyclic) bond motifs is 3. The summed E-state index contributed by atoms with van der Waals surface area (Å²) >= 11 is 5.97. The Morgan fingerprint density at radius 1 is 0.704 bits per heavy atom. The van der Waals surface area contributed by atoms with Gasteiger partial charge in [-0.05, 0) is 149 Å². The van der Waals surface area contributed by atoms with Crippen molar-refractivity contribution in [3.63, 3.8) is 0 Å². The summed E-state index contributed by atoms with van der Waals surface area (Å²) < 4.78 is 31.7. The SMILES string of the molecule is CC(CF)(CF)CC(=O)Nc1nc2ccc(Cl)nc2n1C1CCC1.CCC(C)(O)CC(=O)Nc1nc2cc(C)c(C)nc2n1C(C)(C)C.Cc1ccc2nc(NC(=O)CC3(C)CCC3)n(C(C)(C)C)c2n1. The minimum atomic E-state index is -1.31. The van der Waals surface area contributed by atoms with Gasteiger partial charge in [0.15, 0.2) is 16.9 Å². The Kier molecular flexibility index (Phi) is 16.4. The van der Waals surface area contributed by atoms with Gasteiger partial charge in [0.05, 0.1) is 25.4 Å². The van der Waals surface area contributed by atoms with Crippen LogP contribution in [0.15, 0.2) is 30.3 Å². The van der Waals surface area contributed by atoms with Crippen molar-refractivity contribution in [1.82, 2.24) is 43.6 Å². The van der Waals surface area contributed by atoms with Crippen LogP contribution >= 0.6 is 11.6 Å². The molecule has 8 rings (SSSR count). The molecule has 6 heterocycles. The van der Waals surface area contributed by atoms with Crippen molar-refractivity contribution >= 4 is 80.7 Å². The van der Waals surface area contributed by atoms with Crippen molar-refractivity contribution in [3.8, 4) is 0 Å². The van der Waals surface area contributed by atoms with E-state index in [9.17, 15) is 28.3 Å². The van der Waals surface area contributed by atoms with Crippen molar-refractivity contribution < 1.29 is 28.3 Å². The van der Waals surface area contributed by atoms with E-state index in [1.165, 1.54) is 13.3 Å². The topological polar surface area (TPSA) is 200 Å². The van der Waals surface area contributed by atoms with E-state index in [0.29, 0.717) is 47.0 Å². The van der Waals surface area contributed by atoms with Crippen LogP contribution in [0.1, 0.15) is 156 Å². The standard InChI is InChI=1S/C18H28N4O2.C18H26N4O.C16H19ClF2N4O/c1-8-18(7,24)10-14(23)21-16-20-13-9-11(2)12(3)19-15(13)22(16)17(4,5)6;1-12-7-8-13-15(19-12)22(17(2,3)4)16(20-13)21-14(23)11-18(5)9-6-10-18;1-16(8-18,9-19)7-13(24)22-15-20-11-5-6-12(17)21-14(11)23(15)10-3-2-4-10/h9,24H,8,10H2,1-7H3,(H,20,21,23);7-8H,6,9-11H2,1-5H3,(H,20,21,23);5-6,10H,2-4,7-9H2,1H3,(H,20,22,24). The summed E-state index contributed by atoms with van der Waals surface area (Å²) in [5.74, 6) is 0.746. The van der Waals surface area contributed by atoms with Crippen LogP contribution in [-0.2, 0) is 25.5 Å². The van der Waals surface area contributed by atoms with Gasteiger partial charge in [-0.2, -0.15) is 0 Å². The smallest absolute Gasteiger partial charge is 0.229 e. The van der Waals surface area contributed by atoms with Crippen LogP contribution in [0.4, 0.5) is 26.6 Å². The van der Waals surface area contributed by atoms with Gasteiger partial charge in [0.1, 0.15) is 21.7 Å². The average molecular weight is 1000 g/mol. The van der Waals surface area contributed by atoms with Gasteiger partial charge < -0.3 is 5.11 Å². The number of halogens is 3. The Bertz CT molecular complexity index is 2900. The molecule has 0 bridgehead atoms. The molecule has 0 spiro atoms. The van der Waals surface area contributed by atoms with Gasteiger partial charge in [0, 0.05) is 46.8 Å². The molecular formula is C52H73ClF2N12O4. The summed E-state index contributed by atoms with van der Waals surface area (Å²) in [6, 6.07) is 9.47.